The molecule has 0 saturated heterocycles. The molecule has 1 aromatic heterocycles. The quantitative estimate of drug-likeness (QED) is 0.789. The second kappa shape index (κ2) is 6.38. The minimum absolute atomic E-state index is 0.222. The van der Waals surface area contributed by atoms with Crippen molar-refractivity contribution in [2.75, 3.05) is 18.1 Å². The van der Waals surface area contributed by atoms with Crippen molar-refractivity contribution in [3.63, 3.8) is 0 Å². The number of amides is 1. The predicted octanol–water partition coefficient (Wildman–Crippen LogP) is 2.26. The zero-order valence-electron chi connectivity index (χ0n) is 11.6. The van der Waals surface area contributed by atoms with E-state index in [1.165, 1.54) is 17.1 Å². The van der Waals surface area contributed by atoms with Crippen LogP contribution in [0.4, 0.5) is 10.8 Å². The fraction of sp³-hybridized carbons (Fsp3) is 0.286. The summed E-state index contributed by atoms with van der Waals surface area (Å²) in [6, 6.07) is 8.38. The minimum Gasteiger partial charge on any atom is -0.382 e. The molecule has 0 aliphatic heterocycles. The number of rotatable bonds is 5. The number of aryl methyl sites for hydroxylation is 1. The molecule has 0 atom stereocenters. The van der Waals surface area contributed by atoms with Crippen LogP contribution in [0.3, 0.4) is 0 Å². The zero-order chi connectivity index (χ0) is 14.5. The van der Waals surface area contributed by atoms with Crippen LogP contribution in [-0.4, -0.2) is 17.3 Å². The molecule has 0 bridgehead atoms. The van der Waals surface area contributed by atoms with Crippen LogP contribution < -0.4 is 16.4 Å². The van der Waals surface area contributed by atoms with Gasteiger partial charge in [0.05, 0.1) is 0 Å². The van der Waals surface area contributed by atoms with Gasteiger partial charge in [0, 0.05) is 13.6 Å². The zero-order valence-corrected chi connectivity index (χ0v) is 12.4. The number of nitrogens with two attached hydrogens (primary N) is 1. The Morgan fingerprint density at radius 1 is 1.30 bits per heavy atom. The Kier molecular flexibility index (Phi) is 4.57. The highest BCUT2D eigenvalue weighted by atomic mass is 32.1. The highest BCUT2D eigenvalue weighted by Gasteiger charge is 2.17. The maximum Gasteiger partial charge on any atom is 0.257 e. The van der Waals surface area contributed by atoms with Crippen molar-refractivity contribution in [1.29, 1.82) is 0 Å². The van der Waals surface area contributed by atoms with Crippen LogP contribution >= 0.6 is 11.5 Å². The largest absolute Gasteiger partial charge is 0.382 e. The third-order valence-corrected chi connectivity index (χ3v) is 3.88. The lowest BCUT2D eigenvalue weighted by Crippen LogP contribution is -2.20. The number of hydrogen-bond donors (Lipinski definition) is 3. The van der Waals surface area contributed by atoms with Crippen LogP contribution in [0.1, 0.15) is 28.4 Å². The topological polar surface area (TPSA) is 80.0 Å². The standard InChI is InChI=1S/C14H18N4OS/c1-3-9-4-6-10(7-5-9)8-17-14-11(13(19)16-2)12(15)18-20-14/h4-7,17H,3,8H2,1-2H3,(H2,15,18)(H,16,19). The van der Waals surface area contributed by atoms with Crippen LogP contribution in [0, 0.1) is 0 Å². The molecule has 4 N–H and O–H groups in total. The van der Waals surface area contributed by atoms with Gasteiger partial charge < -0.3 is 16.4 Å². The van der Waals surface area contributed by atoms with Gasteiger partial charge in [-0.15, -0.1) is 0 Å². The van der Waals surface area contributed by atoms with Gasteiger partial charge in [0.25, 0.3) is 5.91 Å². The van der Waals surface area contributed by atoms with Gasteiger partial charge in [-0.2, -0.15) is 4.37 Å². The number of nitrogens with one attached hydrogen (secondary N) is 2. The molecular formula is C14H18N4OS. The summed E-state index contributed by atoms with van der Waals surface area (Å²) in [5.74, 6) is 0.0401. The van der Waals surface area contributed by atoms with E-state index < -0.39 is 0 Å². The van der Waals surface area contributed by atoms with Crippen molar-refractivity contribution in [3.05, 3.63) is 41.0 Å². The van der Waals surface area contributed by atoms with E-state index in [0.717, 1.165) is 12.0 Å². The van der Waals surface area contributed by atoms with Gasteiger partial charge in [-0.25, -0.2) is 0 Å². The van der Waals surface area contributed by atoms with Crippen LogP contribution in [0.5, 0.6) is 0 Å². The Morgan fingerprint density at radius 3 is 2.55 bits per heavy atom. The van der Waals surface area contributed by atoms with Gasteiger partial charge in [0.1, 0.15) is 10.6 Å². The molecular weight excluding hydrogens is 272 g/mol. The molecule has 2 aromatic rings. The fourth-order valence-electron chi connectivity index (χ4n) is 1.84. The van der Waals surface area contributed by atoms with E-state index in [2.05, 4.69) is 46.2 Å². The number of hydrogen-bond acceptors (Lipinski definition) is 5. The Bertz CT molecular complexity index is 592. The van der Waals surface area contributed by atoms with E-state index in [1.54, 1.807) is 7.05 Å². The Morgan fingerprint density at radius 2 is 1.95 bits per heavy atom. The highest BCUT2D eigenvalue weighted by molar-refractivity contribution is 7.11. The molecule has 6 heteroatoms. The number of carbonyl (C=O) groups excluding carboxylic acids is 1. The van der Waals surface area contributed by atoms with Gasteiger partial charge >= 0.3 is 0 Å². The normalized spacial score (nSPS) is 10.3. The van der Waals surface area contributed by atoms with Crippen molar-refractivity contribution in [3.8, 4) is 0 Å². The van der Waals surface area contributed by atoms with Crippen molar-refractivity contribution < 1.29 is 4.79 Å². The molecule has 0 spiro atoms. The van der Waals surface area contributed by atoms with Gasteiger partial charge in [-0.05, 0) is 29.1 Å². The summed E-state index contributed by atoms with van der Waals surface area (Å²) in [5, 5.41) is 6.48. The summed E-state index contributed by atoms with van der Waals surface area (Å²) in [4.78, 5) is 11.7. The molecule has 1 heterocycles. The summed E-state index contributed by atoms with van der Waals surface area (Å²) in [5.41, 5.74) is 8.60. The molecule has 0 fully saturated rings. The molecule has 0 saturated carbocycles. The second-order valence-corrected chi connectivity index (χ2v) is 5.15. The average Bonchev–Trinajstić information content (AvgIpc) is 2.86. The molecule has 0 radical (unpaired) electrons. The first kappa shape index (κ1) is 14.3. The molecule has 0 aliphatic carbocycles. The van der Waals surface area contributed by atoms with Crippen LogP contribution in [0.25, 0.3) is 0 Å². The van der Waals surface area contributed by atoms with Crippen molar-refractivity contribution >= 4 is 28.3 Å². The summed E-state index contributed by atoms with van der Waals surface area (Å²) in [6.07, 6.45) is 1.03. The first-order valence-corrected chi connectivity index (χ1v) is 7.22. The molecule has 106 valence electrons. The third-order valence-electron chi connectivity index (χ3n) is 3.06. The Balaban J connectivity index is 2.08. The average molecular weight is 290 g/mol. The summed E-state index contributed by atoms with van der Waals surface area (Å²) >= 11 is 1.20. The number of aromatic nitrogens is 1. The SMILES string of the molecule is CCc1ccc(CNc2snc(N)c2C(=O)NC)cc1. The third kappa shape index (κ3) is 3.08. The van der Waals surface area contributed by atoms with Crippen LogP contribution in [0.15, 0.2) is 24.3 Å². The van der Waals surface area contributed by atoms with E-state index >= 15 is 0 Å². The minimum atomic E-state index is -0.222. The fourth-order valence-corrected chi connectivity index (χ4v) is 2.55. The first-order chi connectivity index (χ1) is 9.65. The summed E-state index contributed by atoms with van der Waals surface area (Å²) in [6.45, 7) is 2.76. The van der Waals surface area contributed by atoms with E-state index in [-0.39, 0.29) is 11.7 Å². The van der Waals surface area contributed by atoms with Crippen molar-refractivity contribution in [2.45, 2.75) is 19.9 Å². The monoisotopic (exact) mass is 290 g/mol. The smallest absolute Gasteiger partial charge is 0.257 e. The molecule has 0 aliphatic rings. The summed E-state index contributed by atoms with van der Waals surface area (Å²) in [7, 11) is 1.58. The lowest BCUT2D eigenvalue weighted by atomic mass is 10.1. The number of carbonyl (C=O) groups is 1. The maximum atomic E-state index is 11.7. The lowest BCUT2D eigenvalue weighted by molar-refractivity contribution is 0.0965. The number of benzene rings is 1. The van der Waals surface area contributed by atoms with Crippen LogP contribution in [-0.2, 0) is 13.0 Å². The van der Waals surface area contributed by atoms with E-state index in [4.69, 9.17) is 5.73 Å². The van der Waals surface area contributed by atoms with Gasteiger partial charge in [0.2, 0.25) is 0 Å². The van der Waals surface area contributed by atoms with Crippen LogP contribution in [0.2, 0.25) is 0 Å². The van der Waals surface area contributed by atoms with E-state index in [9.17, 15) is 4.79 Å². The summed E-state index contributed by atoms with van der Waals surface area (Å²) < 4.78 is 4.02. The highest BCUT2D eigenvalue weighted by Crippen LogP contribution is 2.27. The molecule has 20 heavy (non-hydrogen) atoms. The van der Waals surface area contributed by atoms with E-state index in [1.807, 2.05) is 0 Å². The molecule has 1 amide bonds. The number of anilines is 2. The number of nitrogen functional groups attached to an aromatic ring is 1. The second-order valence-electron chi connectivity index (χ2n) is 4.37. The molecule has 5 nitrogen and oxygen atoms in total. The van der Waals surface area contributed by atoms with Crippen molar-refractivity contribution in [2.24, 2.45) is 0 Å². The maximum absolute atomic E-state index is 11.7. The van der Waals surface area contributed by atoms with Gasteiger partial charge in [0.15, 0.2) is 5.82 Å². The Hall–Kier alpha value is -2.08. The van der Waals surface area contributed by atoms with E-state index in [0.29, 0.717) is 17.1 Å². The molecule has 1 aromatic carbocycles. The van der Waals surface area contributed by atoms with Crippen molar-refractivity contribution in [1.82, 2.24) is 9.69 Å². The van der Waals surface area contributed by atoms with Gasteiger partial charge in [-0.3, -0.25) is 4.79 Å². The lowest BCUT2D eigenvalue weighted by Gasteiger charge is -2.07. The Labute approximate surface area is 122 Å². The molecule has 2 rings (SSSR count). The predicted molar refractivity (Wildman–Crippen MR) is 83.1 cm³/mol. The molecule has 0 unspecified atom stereocenters. The number of nitrogens with zero attached hydrogens (tertiary/aromatic N) is 1. The van der Waals surface area contributed by atoms with Gasteiger partial charge in [-0.1, -0.05) is 31.2 Å². The first-order valence-electron chi connectivity index (χ1n) is 6.44.